The molecule has 1 amide bonds. The van der Waals surface area contributed by atoms with Crippen molar-refractivity contribution in [3.63, 3.8) is 0 Å². The van der Waals surface area contributed by atoms with Crippen LogP contribution in [0.1, 0.15) is 27.3 Å². The van der Waals surface area contributed by atoms with Crippen LogP contribution in [0, 0.1) is 0 Å². The number of rotatable bonds is 2. The maximum Gasteiger partial charge on any atom is 0.339 e. The first-order chi connectivity index (χ1) is 7.09. The average Bonchev–Trinajstić information content (AvgIpc) is 2.44. The summed E-state index contributed by atoms with van der Waals surface area (Å²) in [5.74, 6) is -1.41. The number of aromatic nitrogens is 2. The highest BCUT2D eigenvalue weighted by Gasteiger charge is 2.28. The molecule has 6 nitrogen and oxygen atoms in total. The van der Waals surface area contributed by atoms with Gasteiger partial charge in [-0.3, -0.25) is 9.48 Å². The Kier molecular flexibility index (Phi) is 2.18. The van der Waals surface area contributed by atoms with E-state index in [2.05, 4.69) is 5.10 Å². The molecule has 1 aromatic rings. The van der Waals surface area contributed by atoms with E-state index >= 15 is 0 Å². The van der Waals surface area contributed by atoms with Crippen LogP contribution in [-0.2, 0) is 7.05 Å². The fraction of sp³-hybridized carbons (Fsp3) is 0.444. The molecule has 1 saturated heterocycles. The summed E-state index contributed by atoms with van der Waals surface area (Å²) in [6, 6.07) is 0. The first-order valence-electron chi connectivity index (χ1n) is 4.66. The molecule has 1 aliphatic rings. The zero-order valence-electron chi connectivity index (χ0n) is 8.30. The molecular formula is C9H11N3O3. The molecule has 80 valence electrons. The summed E-state index contributed by atoms with van der Waals surface area (Å²) in [4.78, 5) is 24.2. The average molecular weight is 209 g/mol. The first kappa shape index (κ1) is 9.70. The molecule has 0 aromatic carbocycles. The number of carbonyl (C=O) groups is 2. The van der Waals surface area contributed by atoms with Crippen molar-refractivity contribution in [1.29, 1.82) is 0 Å². The molecule has 0 atom stereocenters. The number of carboxylic acid groups (broad SMARTS) is 1. The van der Waals surface area contributed by atoms with Gasteiger partial charge in [-0.05, 0) is 6.42 Å². The summed E-state index contributed by atoms with van der Waals surface area (Å²) < 4.78 is 1.34. The number of carbonyl (C=O) groups excluding carboxylic acids is 1. The van der Waals surface area contributed by atoms with Gasteiger partial charge >= 0.3 is 5.97 Å². The topological polar surface area (TPSA) is 75.4 Å². The Bertz CT molecular complexity index is 420. The zero-order valence-corrected chi connectivity index (χ0v) is 8.30. The molecule has 2 heterocycles. The zero-order chi connectivity index (χ0) is 11.0. The molecule has 0 unspecified atom stereocenters. The second-order valence-electron chi connectivity index (χ2n) is 3.52. The Hall–Kier alpha value is -1.85. The van der Waals surface area contributed by atoms with Gasteiger partial charge < -0.3 is 10.0 Å². The van der Waals surface area contributed by atoms with Crippen LogP contribution in [0.3, 0.4) is 0 Å². The normalized spacial score (nSPS) is 14.9. The first-order valence-corrected chi connectivity index (χ1v) is 4.66. The van der Waals surface area contributed by atoms with Crippen molar-refractivity contribution in [2.24, 2.45) is 7.05 Å². The number of aromatic carboxylic acids is 1. The Morgan fingerprint density at radius 1 is 1.47 bits per heavy atom. The highest BCUT2D eigenvalue weighted by Crippen LogP contribution is 2.14. The SMILES string of the molecule is Cn1cc(C(=O)O)c(C(=O)N2CCC2)n1. The number of nitrogens with zero attached hydrogens (tertiary/aromatic N) is 3. The van der Waals surface area contributed by atoms with Crippen LogP contribution in [0.5, 0.6) is 0 Å². The molecular weight excluding hydrogens is 198 g/mol. The van der Waals surface area contributed by atoms with Gasteiger partial charge in [-0.25, -0.2) is 4.79 Å². The van der Waals surface area contributed by atoms with Crippen molar-refractivity contribution in [2.45, 2.75) is 6.42 Å². The van der Waals surface area contributed by atoms with E-state index in [1.165, 1.54) is 10.9 Å². The standard InChI is InChI=1S/C9H11N3O3/c1-11-5-6(9(14)15)7(10-11)8(13)12-3-2-4-12/h5H,2-4H2,1H3,(H,14,15). The number of hydrogen-bond acceptors (Lipinski definition) is 3. The molecule has 1 aromatic heterocycles. The summed E-state index contributed by atoms with van der Waals surface area (Å²) >= 11 is 0. The van der Waals surface area contributed by atoms with E-state index in [0.717, 1.165) is 6.42 Å². The monoisotopic (exact) mass is 209 g/mol. The third-order valence-electron chi connectivity index (χ3n) is 2.41. The number of carboxylic acids is 1. The maximum atomic E-state index is 11.8. The van der Waals surface area contributed by atoms with Gasteiger partial charge in [0.2, 0.25) is 0 Å². The van der Waals surface area contributed by atoms with E-state index < -0.39 is 5.97 Å². The number of amides is 1. The predicted octanol–water partition coefficient (Wildman–Crippen LogP) is -0.0358. The lowest BCUT2D eigenvalue weighted by Gasteiger charge is -2.30. The summed E-state index contributed by atoms with van der Waals surface area (Å²) in [7, 11) is 1.60. The minimum Gasteiger partial charge on any atom is -0.478 e. The lowest BCUT2D eigenvalue weighted by atomic mass is 10.1. The number of hydrogen-bond donors (Lipinski definition) is 1. The van der Waals surface area contributed by atoms with E-state index in [4.69, 9.17) is 5.11 Å². The third kappa shape index (κ3) is 1.58. The van der Waals surface area contributed by atoms with Crippen molar-refractivity contribution in [3.8, 4) is 0 Å². The molecule has 0 aliphatic carbocycles. The van der Waals surface area contributed by atoms with Crippen LogP contribution in [0.4, 0.5) is 0 Å². The third-order valence-corrected chi connectivity index (χ3v) is 2.41. The number of aryl methyl sites for hydroxylation is 1. The molecule has 1 N–H and O–H groups in total. The van der Waals surface area contributed by atoms with Gasteiger partial charge in [0.15, 0.2) is 5.69 Å². The predicted molar refractivity (Wildman–Crippen MR) is 50.7 cm³/mol. The van der Waals surface area contributed by atoms with Crippen LogP contribution in [0.15, 0.2) is 6.20 Å². The van der Waals surface area contributed by atoms with Crippen LogP contribution < -0.4 is 0 Å². The molecule has 0 radical (unpaired) electrons. The molecule has 0 spiro atoms. The molecule has 1 aliphatic heterocycles. The van der Waals surface area contributed by atoms with Gasteiger partial charge in [-0.1, -0.05) is 0 Å². The van der Waals surface area contributed by atoms with Crippen LogP contribution in [-0.4, -0.2) is 44.8 Å². The molecule has 2 rings (SSSR count). The fourth-order valence-electron chi connectivity index (χ4n) is 1.47. The quantitative estimate of drug-likeness (QED) is 0.741. The Morgan fingerprint density at radius 2 is 2.13 bits per heavy atom. The smallest absolute Gasteiger partial charge is 0.339 e. The van der Waals surface area contributed by atoms with Crippen molar-refractivity contribution in [2.75, 3.05) is 13.1 Å². The van der Waals surface area contributed by atoms with Crippen molar-refractivity contribution < 1.29 is 14.7 Å². The van der Waals surface area contributed by atoms with E-state index in [1.807, 2.05) is 0 Å². The van der Waals surface area contributed by atoms with E-state index in [1.54, 1.807) is 11.9 Å². The van der Waals surface area contributed by atoms with Gasteiger partial charge in [-0.15, -0.1) is 0 Å². The van der Waals surface area contributed by atoms with Crippen molar-refractivity contribution >= 4 is 11.9 Å². The minimum atomic E-state index is -1.12. The van der Waals surface area contributed by atoms with Crippen LogP contribution in [0.25, 0.3) is 0 Å². The number of likely N-dealkylation sites (tertiary alicyclic amines) is 1. The molecule has 0 bridgehead atoms. The summed E-state index contributed by atoms with van der Waals surface area (Å²) in [6.45, 7) is 1.38. The summed E-state index contributed by atoms with van der Waals surface area (Å²) in [6.07, 6.45) is 2.32. The second kappa shape index (κ2) is 3.38. The van der Waals surface area contributed by atoms with Gasteiger partial charge in [0.05, 0.1) is 0 Å². The van der Waals surface area contributed by atoms with Crippen molar-refractivity contribution in [3.05, 3.63) is 17.5 Å². The lowest BCUT2D eigenvalue weighted by Crippen LogP contribution is -2.42. The molecule has 6 heteroatoms. The second-order valence-corrected chi connectivity index (χ2v) is 3.52. The van der Waals surface area contributed by atoms with Gasteiger partial charge in [0.25, 0.3) is 5.91 Å². The summed E-state index contributed by atoms with van der Waals surface area (Å²) in [5.41, 5.74) is -0.000833. The molecule has 0 saturated carbocycles. The van der Waals surface area contributed by atoms with E-state index in [0.29, 0.717) is 13.1 Å². The van der Waals surface area contributed by atoms with Gasteiger partial charge in [0.1, 0.15) is 5.56 Å². The Morgan fingerprint density at radius 3 is 2.60 bits per heavy atom. The van der Waals surface area contributed by atoms with Crippen molar-refractivity contribution in [1.82, 2.24) is 14.7 Å². The highest BCUT2D eigenvalue weighted by atomic mass is 16.4. The molecule has 1 fully saturated rings. The maximum absolute atomic E-state index is 11.8. The van der Waals surface area contributed by atoms with Crippen LogP contribution >= 0.6 is 0 Å². The van der Waals surface area contributed by atoms with Crippen LogP contribution in [0.2, 0.25) is 0 Å². The largest absolute Gasteiger partial charge is 0.478 e. The fourth-order valence-corrected chi connectivity index (χ4v) is 1.47. The Labute approximate surface area is 86.1 Å². The van der Waals surface area contributed by atoms with E-state index in [-0.39, 0.29) is 17.2 Å². The van der Waals surface area contributed by atoms with Gasteiger partial charge in [0, 0.05) is 26.3 Å². The van der Waals surface area contributed by atoms with E-state index in [9.17, 15) is 9.59 Å². The molecule has 15 heavy (non-hydrogen) atoms. The minimum absolute atomic E-state index is 0.0321. The van der Waals surface area contributed by atoms with Gasteiger partial charge in [-0.2, -0.15) is 5.10 Å². The Balaban J connectivity index is 2.33. The highest BCUT2D eigenvalue weighted by molar-refractivity contribution is 6.03. The summed E-state index contributed by atoms with van der Waals surface area (Å²) in [5, 5.41) is 12.8. The lowest BCUT2D eigenvalue weighted by molar-refractivity contribution is 0.0621.